The van der Waals surface area contributed by atoms with Gasteiger partial charge in [-0.1, -0.05) is 0 Å². The predicted molar refractivity (Wildman–Crippen MR) is 56.6 cm³/mol. The molecule has 1 N–H and O–H groups in total. The molecule has 0 aliphatic rings. The van der Waals surface area contributed by atoms with E-state index in [1.165, 1.54) is 0 Å². The van der Waals surface area contributed by atoms with Crippen LogP contribution in [-0.4, -0.2) is 52.7 Å². The highest BCUT2D eigenvalue weighted by atomic mass is 16.5. The van der Waals surface area contributed by atoms with Crippen molar-refractivity contribution in [3.63, 3.8) is 0 Å². The third-order valence-corrected chi connectivity index (χ3v) is 2.22. The molecular formula is C10H23NO3. The molecule has 0 radical (unpaired) electrons. The fourth-order valence-electron chi connectivity index (χ4n) is 0.973. The molecule has 4 nitrogen and oxygen atoms in total. The second-order valence-corrected chi connectivity index (χ2v) is 3.29. The van der Waals surface area contributed by atoms with Gasteiger partial charge in [0, 0.05) is 26.8 Å². The van der Waals surface area contributed by atoms with Gasteiger partial charge in [0.1, 0.15) is 0 Å². The molecule has 0 aromatic carbocycles. The normalized spacial score (nSPS) is 15.4. The molecule has 0 aromatic heterocycles. The number of rotatable bonds is 9. The molecule has 0 bridgehead atoms. The molecule has 0 fully saturated rings. The van der Waals surface area contributed by atoms with Crippen molar-refractivity contribution >= 4 is 0 Å². The van der Waals surface area contributed by atoms with E-state index in [4.69, 9.17) is 14.2 Å². The molecule has 0 rings (SSSR count). The zero-order chi connectivity index (χ0) is 10.8. The molecule has 86 valence electrons. The standard InChI is InChI=1S/C10H23NO3/c1-9(10(2)13-4)11-5-6-14-8-7-12-3/h9-11H,5-8H2,1-4H3. The smallest absolute Gasteiger partial charge is 0.0700 e. The van der Waals surface area contributed by atoms with Gasteiger partial charge in [0.25, 0.3) is 0 Å². The summed E-state index contributed by atoms with van der Waals surface area (Å²) in [5.41, 5.74) is 0. The van der Waals surface area contributed by atoms with Crippen LogP contribution in [0, 0.1) is 0 Å². The lowest BCUT2D eigenvalue weighted by Crippen LogP contribution is -2.38. The van der Waals surface area contributed by atoms with Crippen LogP contribution in [0.15, 0.2) is 0 Å². The van der Waals surface area contributed by atoms with Crippen LogP contribution < -0.4 is 5.32 Å². The fourth-order valence-corrected chi connectivity index (χ4v) is 0.973. The molecule has 4 heteroatoms. The molecular weight excluding hydrogens is 182 g/mol. The highest BCUT2D eigenvalue weighted by Crippen LogP contribution is 1.94. The zero-order valence-electron chi connectivity index (χ0n) is 9.71. The Morgan fingerprint density at radius 3 is 2.36 bits per heavy atom. The van der Waals surface area contributed by atoms with Gasteiger partial charge in [-0.25, -0.2) is 0 Å². The highest BCUT2D eigenvalue weighted by Gasteiger charge is 2.08. The van der Waals surface area contributed by atoms with Gasteiger partial charge in [-0.2, -0.15) is 0 Å². The number of hydrogen-bond donors (Lipinski definition) is 1. The van der Waals surface area contributed by atoms with Crippen LogP contribution in [0.4, 0.5) is 0 Å². The second-order valence-electron chi connectivity index (χ2n) is 3.29. The van der Waals surface area contributed by atoms with Gasteiger partial charge in [-0.05, 0) is 13.8 Å². The molecule has 0 heterocycles. The first-order valence-electron chi connectivity index (χ1n) is 5.05. The Balaban J connectivity index is 3.18. The van der Waals surface area contributed by atoms with E-state index in [9.17, 15) is 0 Å². The summed E-state index contributed by atoms with van der Waals surface area (Å²) in [6.45, 7) is 7.02. The van der Waals surface area contributed by atoms with E-state index in [1.54, 1.807) is 14.2 Å². The summed E-state index contributed by atoms with van der Waals surface area (Å²) in [6, 6.07) is 0.353. The van der Waals surface area contributed by atoms with Crippen LogP contribution >= 0.6 is 0 Å². The Bertz CT molecular complexity index is 122. The van der Waals surface area contributed by atoms with Gasteiger partial charge < -0.3 is 19.5 Å². The predicted octanol–water partition coefficient (Wildman–Crippen LogP) is 0.662. The van der Waals surface area contributed by atoms with Gasteiger partial charge in [-0.3, -0.25) is 0 Å². The van der Waals surface area contributed by atoms with Crippen molar-refractivity contribution in [3.05, 3.63) is 0 Å². The first-order chi connectivity index (χ1) is 6.72. The Kier molecular flexibility index (Phi) is 9.29. The average molecular weight is 205 g/mol. The summed E-state index contributed by atoms with van der Waals surface area (Å²) in [4.78, 5) is 0. The Hall–Kier alpha value is -0.160. The van der Waals surface area contributed by atoms with Crippen molar-refractivity contribution in [1.82, 2.24) is 5.32 Å². The number of methoxy groups -OCH3 is 2. The Labute approximate surface area is 86.9 Å². The van der Waals surface area contributed by atoms with Crippen molar-refractivity contribution in [3.8, 4) is 0 Å². The molecule has 0 saturated carbocycles. The van der Waals surface area contributed by atoms with E-state index in [2.05, 4.69) is 12.2 Å². The molecule has 0 saturated heterocycles. The maximum Gasteiger partial charge on any atom is 0.0700 e. The van der Waals surface area contributed by atoms with Crippen molar-refractivity contribution in [1.29, 1.82) is 0 Å². The van der Waals surface area contributed by atoms with Gasteiger partial charge in [-0.15, -0.1) is 0 Å². The lowest BCUT2D eigenvalue weighted by molar-refractivity contribution is 0.0618. The van der Waals surface area contributed by atoms with E-state index in [-0.39, 0.29) is 6.10 Å². The SMILES string of the molecule is COCCOCCNC(C)C(C)OC. The Morgan fingerprint density at radius 1 is 1.07 bits per heavy atom. The lowest BCUT2D eigenvalue weighted by Gasteiger charge is -2.19. The van der Waals surface area contributed by atoms with Crippen LogP contribution in [-0.2, 0) is 14.2 Å². The van der Waals surface area contributed by atoms with Gasteiger partial charge in [0.15, 0.2) is 0 Å². The molecule has 0 spiro atoms. The van der Waals surface area contributed by atoms with Crippen LogP contribution in [0.25, 0.3) is 0 Å². The van der Waals surface area contributed by atoms with Gasteiger partial charge in [0.2, 0.25) is 0 Å². The summed E-state index contributed by atoms with van der Waals surface area (Å²) in [5.74, 6) is 0. The maximum atomic E-state index is 5.31. The summed E-state index contributed by atoms with van der Waals surface area (Å²) in [5, 5.41) is 3.32. The number of nitrogens with one attached hydrogen (secondary N) is 1. The average Bonchev–Trinajstić information content (AvgIpc) is 2.21. The first kappa shape index (κ1) is 13.8. The largest absolute Gasteiger partial charge is 0.382 e. The Morgan fingerprint density at radius 2 is 1.79 bits per heavy atom. The summed E-state index contributed by atoms with van der Waals surface area (Å²) in [7, 11) is 3.39. The summed E-state index contributed by atoms with van der Waals surface area (Å²) < 4.78 is 15.4. The molecule has 2 unspecified atom stereocenters. The minimum Gasteiger partial charge on any atom is -0.382 e. The van der Waals surface area contributed by atoms with Crippen LogP contribution in [0.3, 0.4) is 0 Å². The fraction of sp³-hybridized carbons (Fsp3) is 1.00. The second kappa shape index (κ2) is 9.40. The van der Waals surface area contributed by atoms with E-state index < -0.39 is 0 Å². The van der Waals surface area contributed by atoms with E-state index in [1.807, 2.05) is 6.92 Å². The number of hydrogen-bond acceptors (Lipinski definition) is 4. The topological polar surface area (TPSA) is 39.7 Å². The van der Waals surface area contributed by atoms with Crippen LogP contribution in [0.1, 0.15) is 13.8 Å². The van der Waals surface area contributed by atoms with Crippen LogP contribution in [0.5, 0.6) is 0 Å². The monoisotopic (exact) mass is 205 g/mol. The van der Waals surface area contributed by atoms with Crippen LogP contribution in [0.2, 0.25) is 0 Å². The van der Waals surface area contributed by atoms with Crippen molar-refractivity contribution in [2.24, 2.45) is 0 Å². The third kappa shape index (κ3) is 7.26. The van der Waals surface area contributed by atoms with Gasteiger partial charge in [0.05, 0.1) is 25.9 Å². The zero-order valence-corrected chi connectivity index (χ0v) is 9.71. The molecule has 2 atom stereocenters. The lowest BCUT2D eigenvalue weighted by atomic mass is 10.2. The molecule has 0 aromatic rings. The minimum absolute atomic E-state index is 0.231. The molecule has 0 aliphatic heterocycles. The minimum atomic E-state index is 0.231. The maximum absolute atomic E-state index is 5.31. The summed E-state index contributed by atoms with van der Waals surface area (Å²) >= 11 is 0. The van der Waals surface area contributed by atoms with Crippen molar-refractivity contribution in [2.45, 2.75) is 26.0 Å². The van der Waals surface area contributed by atoms with E-state index in [0.717, 1.165) is 6.54 Å². The number of ether oxygens (including phenoxy) is 3. The molecule has 0 aliphatic carbocycles. The van der Waals surface area contributed by atoms with Crippen molar-refractivity contribution < 1.29 is 14.2 Å². The molecule has 14 heavy (non-hydrogen) atoms. The van der Waals surface area contributed by atoms with E-state index in [0.29, 0.717) is 25.9 Å². The summed E-state index contributed by atoms with van der Waals surface area (Å²) in [6.07, 6.45) is 0.231. The quantitative estimate of drug-likeness (QED) is 0.561. The van der Waals surface area contributed by atoms with E-state index >= 15 is 0 Å². The first-order valence-corrected chi connectivity index (χ1v) is 5.05. The molecule has 0 amide bonds. The van der Waals surface area contributed by atoms with Gasteiger partial charge >= 0.3 is 0 Å². The van der Waals surface area contributed by atoms with Crippen molar-refractivity contribution in [2.75, 3.05) is 40.6 Å². The highest BCUT2D eigenvalue weighted by molar-refractivity contribution is 4.67. The third-order valence-electron chi connectivity index (χ3n) is 2.22.